The number of hydrogen-bond donors (Lipinski definition) is 2. The fourth-order valence-electron chi connectivity index (χ4n) is 2.38. The van der Waals surface area contributed by atoms with Gasteiger partial charge in [0, 0.05) is 22.5 Å². The predicted octanol–water partition coefficient (Wildman–Crippen LogP) is 3.83. The average molecular weight is 396 g/mol. The summed E-state index contributed by atoms with van der Waals surface area (Å²) in [4.78, 5) is 26.0. The molecular weight excluding hydrogens is 376 g/mol. The Morgan fingerprint density at radius 1 is 1.00 bits per heavy atom. The number of halogens is 3. The SMILES string of the molecule is CCN(CC(=O)Nc1ccc(F)c(F)c1)CC(=O)Nc1cc(Cl)ccc1C. The lowest BCUT2D eigenvalue weighted by Gasteiger charge is -2.20. The van der Waals surface area contributed by atoms with E-state index in [-0.39, 0.29) is 24.7 Å². The number of benzene rings is 2. The molecule has 0 fully saturated rings. The second-order valence-electron chi connectivity index (χ2n) is 5.99. The minimum atomic E-state index is -1.04. The fraction of sp³-hybridized carbons (Fsp3) is 0.263. The molecule has 0 saturated carbocycles. The van der Waals surface area contributed by atoms with Crippen molar-refractivity contribution in [2.45, 2.75) is 13.8 Å². The number of rotatable bonds is 7. The number of anilines is 2. The van der Waals surface area contributed by atoms with Gasteiger partial charge in [-0.3, -0.25) is 14.5 Å². The largest absolute Gasteiger partial charge is 0.325 e. The molecule has 8 heteroatoms. The summed E-state index contributed by atoms with van der Waals surface area (Å²) in [7, 11) is 0. The van der Waals surface area contributed by atoms with Crippen LogP contribution >= 0.6 is 11.6 Å². The Hall–Kier alpha value is -2.51. The van der Waals surface area contributed by atoms with Crippen LogP contribution in [0, 0.1) is 18.6 Å². The summed E-state index contributed by atoms with van der Waals surface area (Å²) in [6.45, 7) is 4.03. The molecule has 0 heterocycles. The van der Waals surface area contributed by atoms with Crippen molar-refractivity contribution in [3.05, 3.63) is 58.6 Å². The number of amides is 2. The van der Waals surface area contributed by atoms with E-state index in [9.17, 15) is 18.4 Å². The van der Waals surface area contributed by atoms with Crippen molar-refractivity contribution in [1.29, 1.82) is 0 Å². The number of aryl methyl sites for hydroxylation is 1. The van der Waals surface area contributed by atoms with E-state index < -0.39 is 17.5 Å². The number of nitrogens with zero attached hydrogens (tertiary/aromatic N) is 1. The molecule has 5 nitrogen and oxygen atoms in total. The molecule has 144 valence electrons. The van der Waals surface area contributed by atoms with Gasteiger partial charge in [0.1, 0.15) is 0 Å². The molecule has 27 heavy (non-hydrogen) atoms. The zero-order valence-corrected chi connectivity index (χ0v) is 15.7. The highest BCUT2D eigenvalue weighted by Gasteiger charge is 2.15. The molecule has 0 aromatic heterocycles. The van der Waals surface area contributed by atoms with Crippen LogP contribution in [0.25, 0.3) is 0 Å². The summed E-state index contributed by atoms with van der Waals surface area (Å²) in [5.74, 6) is -2.76. The molecule has 0 unspecified atom stereocenters. The summed E-state index contributed by atoms with van der Waals surface area (Å²) in [6.07, 6.45) is 0. The van der Waals surface area contributed by atoms with E-state index in [1.54, 1.807) is 23.1 Å². The van der Waals surface area contributed by atoms with E-state index >= 15 is 0 Å². The first kappa shape index (κ1) is 20.8. The molecule has 0 bridgehead atoms. The molecule has 0 aliphatic rings. The third-order valence-corrected chi connectivity index (χ3v) is 4.09. The number of carbonyl (C=O) groups is 2. The van der Waals surface area contributed by atoms with Crippen molar-refractivity contribution in [2.75, 3.05) is 30.3 Å². The highest BCUT2D eigenvalue weighted by molar-refractivity contribution is 6.31. The van der Waals surface area contributed by atoms with Crippen molar-refractivity contribution in [3.8, 4) is 0 Å². The van der Waals surface area contributed by atoms with E-state index in [1.807, 2.05) is 13.8 Å². The van der Waals surface area contributed by atoms with Gasteiger partial charge in [-0.15, -0.1) is 0 Å². The first-order valence-electron chi connectivity index (χ1n) is 8.31. The molecule has 0 saturated heterocycles. The van der Waals surface area contributed by atoms with Gasteiger partial charge in [0.25, 0.3) is 0 Å². The van der Waals surface area contributed by atoms with Gasteiger partial charge < -0.3 is 10.6 Å². The van der Waals surface area contributed by atoms with Crippen LogP contribution in [0.4, 0.5) is 20.2 Å². The van der Waals surface area contributed by atoms with Crippen molar-refractivity contribution < 1.29 is 18.4 Å². The molecule has 2 aromatic carbocycles. The van der Waals surface area contributed by atoms with E-state index in [0.717, 1.165) is 17.7 Å². The van der Waals surface area contributed by atoms with Crippen molar-refractivity contribution in [1.82, 2.24) is 4.90 Å². The molecule has 0 atom stereocenters. The zero-order chi connectivity index (χ0) is 20.0. The molecule has 2 N–H and O–H groups in total. The second-order valence-corrected chi connectivity index (χ2v) is 6.42. The van der Waals surface area contributed by atoms with Crippen LogP contribution in [0.15, 0.2) is 36.4 Å². The minimum Gasteiger partial charge on any atom is -0.325 e. The molecular formula is C19H20ClF2N3O2. The summed E-state index contributed by atoms with van der Waals surface area (Å²) < 4.78 is 26.1. The van der Waals surface area contributed by atoms with Crippen LogP contribution in [0.2, 0.25) is 5.02 Å². The van der Waals surface area contributed by atoms with E-state index in [1.165, 1.54) is 6.07 Å². The van der Waals surface area contributed by atoms with Crippen LogP contribution < -0.4 is 10.6 Å². The summed E-state index contributed by atoms with van der Waals surface area (Å²) >= 11 is 5.94. The standard InChI is InChI=1S/C19H20ClF2N3O2/c1-3-25(10-18(26)23-14-6-7-15(21)16(22)9-14)11-19(27)24-17-8-13(20)5-4-12(17)2/h4-9H,3,10-11H2,1-2H3,(H,23,26)(H,24,27). The van der Waals surface area contributed by atoms with Crippen molar-refractivity contribution >= 4 is 34.8 Å². The molecule has 0 spiro atoms. The number of likely N-dealkylation sites (N-methyl/N-ethyl adjacent to an activating group) is 1. The summed E-state index contributed by atoms with van der Waals surface area (Å²) in [6, 6.07) is 8.28. The Morgan fingerprint density at radius 3 is 2.30 bits per heavy atom. The van der Waals surface area contributed by atoms with E-state index in [4.69, 9.17) is 11.6 Å². The van der Waals surface area contributed by atoms with Gasteiger partial charge in [0.05, 0.1) is 13.1 Å². The molecule has 0 aliphatic heterocycles. The Balaban J connectivity index is 1.91. The third-order valence-electron chi connectivity index (χ3n) is 3.86. The average Bonchev–Trinajstić information content (AvgIpc) is 2.60. The van der Waals surface area contributed by atoms with Crippen LogP contribution in [0.5, 0.6) is 0 Å². The maximum Gasteiger partial charge on any atom is 0.238 e. The maximum atomic E-state index is 13.2. The second kappa shape index (κ2) is 9.43. The smallest absolute Gasteiger partial charge is 0.238 e. The molecule has 0 aliphatic carbocycles. The van der Waals surface area contributed by atoms with Gasteiger partial charge in [0.2, 0.25) is 11.8 Å². The van der Waals surface area contributed by atoms with Gasteiger partial charge in [-0.2, -0.15) is 0 Å². The molecule has 2 aromatic rings. The summed E-state index contributed by atoms with van der Waals surface area (Å²) in [5.41, 5.74) is 1.62. The van der Waals surface area contributed by atoms with Gasteiger partial charge in [0.15, 0.2) is 11.6 Å². The van der Waals surface area contributed by atoms with Crippen LogP contribution in [0.1, 0.15) is 12.5 Å². The number of hydrogen-bond acceptors (Lipinski definition) is 3. The topological polar surface area (TPSA) is 61.4 Å². The van der Waals surface area contributed by atoms with Crippen LogP contribution in [0.3, 0.4) is 0 Å². The van der Waals surface area contributed by atoms with Gasteiger partial charge >= 0.3 is 0 Å². The quantitative estimate of drug-likeness (QED) is 0.749. The lowest BCUT2D eigenvalue weighted by molar-refractivity contribution is -0.119. The first-order chi connectivity index (χ1) is 12.8. The molecule has 0 radical (unpaired) electrons. The van der Waals surface area contributed by atoms with Crippen LogP contribution in [-0.2, 0) is 9.59 Å². The third kappa shape index (κ3) is 6.30. The maximum absolute atomic E-state index is 13.2. The lowest BCUT2D eigenvalue weighted by Crippen LogP contribution is -2.38. The highest BCUT2D eigenvalue weighted by Crippen LogP contribution is 2.20. The van der Waals surface area contributed by atoms with Crippen LogP contribution in [-0.4, -0.2) is 36.3 Å². The Labute approximate surface area is 161 Å². The van der Waals surface area contributed by atoms with E-state index in [0.29, 0.717) is 17.3 Å². The normalized spacial score (nSPS) is 10.7. The Morgan fingerprint density at radius 2 is 1.67 bits per heavy atom. The van der Waals surface area contributed by atoms with Gasteiger partial charge in [-0.1, -0.05) is 24.6 Å². The Kier molecular flexibility index (Phi) is 7.27. The molecule has 2 rings (SSSR count). The zero-order valence-electron chi connectivity index (χ0n) is 15.0. The van der Waals surface area contributed by atoms with Crippen molar-refractivity contribution in [2.24, 2.45) is 0 Å². The summed E-state index contributed by atoms with van der Waals surface area (Å²) in [5, 5.41) is 5.75. The first-order valence-corrected chi connectivity index (χ1v) is 8.69. The van der Waals surface area contributed by atoms with Gasteiger partial charge in [-0.05, 0) is 43.3 Å². The molecule has 2 amide bonds. The monoisotopic (exact) mass is 395 g/mol. The Bertz CT molecular complexity index is 846. The fourth-order valence-corrected chi connectivity index (χ4v) is 2.55. The number of carbonyl (C=O) groups excluding carboxylic acids is 2. The minimum absolute atomic E-state index is 0.00630. The van der Waals surface area contributed by atoms with Crippen molar-refractivity contribution in [3.63, 3.8) is 0 Å². The van der Waals surface area contributed by atoms with E-state index in [2.05, 4.69) is 10.6 Å². The highest BCUT2D eigenvalue weighted by atomic mass is 35.5. The number of nitrogens with one attached hydrogen (secondary N) is 2. The van der Waals surface area contributed by atoms with Gasteiger partial charge in [-0.25, -0.2) is 8.78 Å². The predicted molar refractivity (Wildman–Crippen MR) is 102 cm³/mol. The lowest BCUT2D eigenvalue weighted by atomic mass is 10.2.